The smallest absolute Gasteiger partial charge is 0.102 e. The molecule has 0 heterocycles. The minimum Gasteiger partial charge on any atom is -0.220 e. The highest BCUT2D eigenvalue weighted by Crippen LogP contribution is 2.25. The van der Waals surface area contributed by atoms with Crippen molar-refractivity contribution in [2.45, 2.75) is 4.90 Å². The molecule has 0 aliphatic rings. The van der Waals surface area contributed by atoms with E-state index < -0.39 is 0 Å². The molecular weight excluding hydrogens is 204 g/mol. The molecule has 0 amide bonds. The van der Waals surface area contributed by atoms with Gasteiger partial charge in [-0.3, -0.25) is 0 Å². The number of benzene rings is 1. The first-order valence-corrected chi connectivity index (χ1v) is 4.15. The highest BCUT2D eigenvalue weighted by atomic mass is 32.2. The molecule has 1 aromatic carbocycles. The first-order valence-electron chi connectivity index (χ1n) is 3.41. The van der Waals surface area contributed by atoms with E-state index in [9.17, 15) is 0 Å². The highest BCUT2D eigenvalue weighted by molar-refractivity contribution is 7.94. The van der Waals surface area contributed by atoms with Gasteiger partial charge in [-0.25, -0.2) is 5.26 Å². The molecule has 0 aromatic heterocycles. The van der Waals surface area contributed by atoms with Crippen molar-refractivity contribution in [3.05, 3.63) is 29.3 Å². The molecule has 0 fully saturated rings. The Morgan fingerprint density at radius 3 is 2.64 bits per heavy atom. The zero-order valence-corrected chi connectivity index (χ0v) is 7.61. The van der Waals surface area contributed by atoms with Crippen LogP contribution in [0.4, 0.5) is 0 Å². The van der Waals surface area contributed by atoms with E-state index in [1.54, 1.807) is 12.1 Å². The maximum absolute atomic E-state index is 8.76. The lowest BCUT2D eigenvalue weighted by molar-refractivity contribution is -0.432. The van der Waals surface area contributed by atoms with Crippen molar-refractivity contribution in [1.82, 2.24) is 0 Å². The van der Waals surface area contributed by atoms with Gasteiger partial charge in [0.25, 0.3) is 0 Å². The van der Waals surface area contributed by atoms with Gasteiger partial charge in [-0.15, -0.1) is 4.33 Å². The van der Waals surface area contributed by atoms with Crippen LogP contribution < -0.4 is 0 Å². The first kappa shape index (κ1) is 10.5. The van der Waals surface area contributed by atoms with Crippen LogP contribution in [0.1, 0.15) is 11.1 Å². The van der Waals surface area contributed by atoms with E-state index in [-0.39, 0.29) is 11.1 Å². The number of hydrogen-bond donors (Lipinski definition) is 1. The quantitative estimate of drug-likeness (QED) is 0.463. The van der Waals surface area contributed by atoms with E-state index in [2.05, 4.69) is 9.37 Å². The fourth-order valence-corrected chi connectivity index (χ4v) is 1.34. The van der Waals surface area contributed by atoms with Crippen molar-refractivity contribution in [3.63, 3.8) is 0 Å². The standard InChI is InChI=1S/C8H4N2O3S/c9-4-6-2-1-3-8(7(6)5-10)14-13-12-11/h1-3,11H. The van der Waals surface area contributed by atoms with Gasteiger partial charge in [0, 0.05) is 0 Å². The summed E-state index contributed by atoms with van der Waals surface area (Å²) in [6.07, 6.45) is 0. The van der Waals surface area contributed by atoms with Crippen molar-refractivity contribution in [1.29, 1.82) is 10.5 Å². The molecule has 0 aliphatic carbocycles. The molecule has 1 aromatic rings. The van der Waals surface area contributed by atoms with Gasteiger partial charge in [-0.1, -0.05) is 11.1 Å². The second kappa shape index (κ2) is 5.22. The summed E-state index contributed by atoms with van der Waals surface area (Å²) in [6.45, 7) is 0. The monoisotopic (exact) mass is 208 g/mol. The topological polar surface area (TPSA) is 86.3 Å². The molecule has 70 valence electrons. The lowest BCUT2D eigenvalue weighted by Gasteiger charge is -2.00. The van der Waals surface area contributed by atoms with Gasteiger partial charge in [0.2, 0.25) is 0 Å². The van der Waals surface area contributed by atoms with Gasteiger partial charge < -0.3 is 0 Å². The Kier molecular flexibility index (Phi) is 3.92. The Morgan fingerprint density at radius 2 is 2.07 bits per heavy atom. The van der Waals surface area contributed by atoms with Gasteiger partial charge in [0.05, 0.1) is 28.1 Å². The molecule has 0 bridgehead atoms. The minimum absolute atomic E-state index is 0.192. The van der Waals surface area contributed by atoms with Gasteiger partial charge in [0.1, 0.15) is 12.1 Å². The molecule has 0 radical (unpaired) electrons. The van der Waals surface area contributed by atoms with E-state index in [1.165, 1.54) is 6.07 Å². The minimum atomic E-state index is 0.192. The maximum atomic E-state index is 8.76. The van der Waals surface area contributed by atoms with Crippen LogP contribution in [0.25, 0.3) is 0 Å². The lowest BCUT2D eigenvalue weighted by Crippen LogP contribution is -1.88. The first-order chi connectivity index (χ1) is 6.83. The number of nitrogens with zero attached hydrogens (tertiary/aromatic N) is 2. The van der Waals surface area contributed by atoms with Gasteiger partial charge in [0.15, 0.2) is 0 Å². The molecule has 5 nitrogen and oxygen atoms in total. The maximum Gasteiger partial charge on any atom is 0.102 e. The second-order valence-electron chi connectivity index (χ2n) is 2.13. The van der Waals surface area contributed by atoms with Crippen LogP contribution >= 0.6 is 12.0 Å². The van der Waals surface area contributed by atoms with Crippen LogP contribution in [0.3, 0.4) is 0 Å². The molecule has 0 spiro atoms. The van der Waals surface area contributed by atoms with E-state index in [0.29, 0.717) is 16.9 Å². The molecule has 0 unspecified atom stereocenters. The third-order valence-electron chi connectivity index (χ3n) is 1.41. The average Bonchev–Trinajstić information content (AvgIpc) is 2.25. The molecule has 0 saturated heterocycles. The lowest BCUT2D eigenvalue weighted by atomic mass is 10.1. The third kappa shape index (κ3) is 2.22. The summed E-state index contributed by atoms with van der Waals surface area (Å²) < 4.78 is 4.17. The fraction of sp³-hybridized carbons (Fsp3) is 0. The Hall–Kier alpha value is -1.57. The Balaban J connectivity index is 3.06. The number of rotatable bonds is 3. The van der Waals surface area contributed by atoms with E-state index in [1.807, 2.05) is 12.1 Å². The molecule has 0 aliphatic heterocycles. The SMILES string of the molecule is N#Cc1cccc(SOOO)c1C#N. The summed E-state index contributed by atoms with van der Waals surface area (Å²) in [6, 6.07) is 8.42. The van der Waals surface area contributed by atoms with Crippen LogP contribution in [0.5, 0.6) is 0 Å². The van der Waals surface area contributed by atoms with Crippen LogP contribution in [0.15, 0.2) is 23.1 Å². The van der Waals surface area contributed by atoms with E-state index in [4.69, 9.17) is 15.8 Å². The molecule has 6 heteroatoms. The number of nitriles is 2. The van der Waals surface area contributed by atoms with Crippen molar-refractivity contribution in [2.24, 2.45) is 0 Å². The second-order valence-corrected chi connectivity index (χ2v) is 2.87. The predicted molar refractivity (Wildman–Crippen MR) is 46.5 cm³/mol. The Labute approximate surface area is 84.2 Å². The molecule has 0 atom stereocenters. The normalized spacial score (nSPS) is 9.07. The Bertz CT molecular complexity index is 408. The van der Waals surface area contributed by atoms with Gasteiger partial charge in [-0.2, -0.15) is 10.5 Å². The van der Waals surface area contributed by atoms with Gasteiger partial charge >= 0.3 is 0 Å². The van der Waals surface area contributed by atoms with Crippen molar-refractivity contribution in [3.8, 4) is 12.1 Å². The summed E-state index contributed by atoms with van der Waals surface area (Å²) in [4.78, 5) is 0.403. The summed E-state index contributed by atoms with van der Waals surface area (Å²) in [5, 5.41) is 28.7. The Morgan fingerprint density at radius 1 is 1.29 bits per heavy atom. The molecule has 1 rings (SSSR count). The largest absolute Gasteiger partial charge is 0.220 e. The van der Waals surface area contributed by atoms with Crippen molar-refractivity contribution >= 4 is 12.0 Å². The number of hydrogen-bond acceptors (Lipinski definition) is 6. The molecular formula is C8H4N2O3S. The summed E-state index contributed by atoms with van der Waals surface area (Å²) >= 11 is 0.655. The van der Waals surface area contributed by atoms with Crippen molar-refractivity contribution in [2.75, 3.05) is 0 Å². The van der Waals surface area contributed by atoms with Crippen LogP contribution in [0.2, 0.25) is 0 Å². The summed E-state index contributed by atoms with van der Waals surface area (Å²) in [7, 11) is 0. The summed E-state index contributed by atoms with van der Waals surface area (Å²) in [5.41, 5.74) is 0.441. The zero-order valence-electron chi connectivity index (χ0n) is 6.80. The predicted octanol–water partition coefficient (Wildman–Crippen LogP) is 1.86. The van der Waals surface area contributed by atoms with Crippen LogP contribution in [-0.2, 0) is 9.37 Å². The average molecular weight is 208 g/mol. The fourth-order valence-electron chi connectivity index (χ4n) is 0.861. The van der Waals surface area contributed by atoms with Crippen LogP contribution in [-0.4, -0.2) is 5.26 Å². The third-order valence-corrected chi connectivity index (χ3v) is 2.06. The molecule has 0 saturated carbocycles. The van der Waals surface area contributed by atoms with Gasteiger partial charge in [-0.05, 0) is 12.1 Å². The molecule has 1 N–H and O–H groups in total. The zero-order chi connectivity index (χ0) is 10.4. The van der Waals surface area contributed by atoms with E-state index in [0.717, 1.165) is 0 Å². The summed E-state index contributed by atoms with van der Waals surface area (Å²) in [5.74, 6) is 0. The molecule has 14 heavy (non-hydrogen) atoms. The van der Waals surface area contributed by atoms with Crippen LogP contribution in [0, 0.1) is 22.7 Å². The van der Waals surface area contributed by atoms with E-state index >= 15 is 0 Å². The van der Waals surface area contributed by atoms with Crippen molar-refractivity contribution < 1.29 is 14.6 Å². The highest BCUT2D eigenvalue weighted by Gasteiger charge is 2.08.